The predicted molar refractivity (Wildman–Crippen MR) is 80.9 cm³/mol. The Morgan fingerprint density at radius 1 is 1.38 bits per heavy atom. The van der Waals surface area contributed by atoms with Crippen LogP contribution in [-0.2, 0) is 16.6 Å². The molecule has 0 aliphatic carbocycles. The molecule has 1 unspecified atom stereocenters. The molecule has 2 rings (SSSR count). The van der Waals surface area contributed by atoms with E-state index in [-0.39, 0.29) is 4.90 Å². The molecule has 6 heteroatoms. The molecule has 0 amide bonds. The molecular weight excluding hydrogens is 291 g/mol. The van der Waals surface area contributed by atoms with Crippen LogP contribution in [0, 0.1) is 11.7 Å². The third-order valence-corrected chi connectivity index (χ3v) is 5.90. The van der Waals surface area contributed by atoms with E-state index < -0.39 is 15.8 Å². The van der Waals surface area contributed by atoms with Crippen LogP contribution in [0.2, 0.25) is 0 Å². The topological polar surface area (TPSA) is 49.4 Å². The molecule has 1 aromatic carbocycles. The molecule has 1 heterocycles. The molecule has 1 saturated heterocycles. The molecule has 1 fully saturated rings. The van der Waals surface area contributed by atoms with Gasteiger partial charge in [-0.15, -0.1) is 0 Å². The van der Waals surface area contributed by atoms with Crippen molar-refractivity contribution in [1.29, 1.82) is 0 Å². The summed E-state index contributed by atoms with van der Waals surface area (Å²) in [5, 5.41) is 3.12. The van der Waals surface area contributed by atoms with Gasteiger partial charge in [0.2, 0.25) is 10.0 Å². The van der Waals surface area contributed by atoms with Crippen LogP contribution in [0.1, 0.15) is 32.3 Å². The van der Waals surface area contributed by atoms with Gasteiger partial charge in [0.05, 0.1) is 0 Å². The van der Waals surface area contributed by atoms with Gasteiger partial charge in [-0.05, 0) is 36.6 Å². The first kappa shape index (κ1) is 16.4. The number of hydrogen-bond donors (Lipinski definition) is 1. The van der Waals surface area contributed by atoms with Crippen LogP contribution in [0.5, 0.6) is 0 Å². The summed E-state index contributed by atoms with van der Waals surface area (Å²) >= 11 is 0. The molecule has 1 N–H and O–H groups in total. The van der Waals surface area contributed by atoms with Crippen LogP contribution in [-0.4, -0.2) is 32.4 Å². The number of nitrogens with zero attached hydrogens (tertiary/aromatic N) is 1. The van der Waals surface area contributed by atoms with Crippen molar-refractivity contribution in [2.45, 2.75) is 38.1 Å². The fourth-order valence-corrected chi connectivity index (χ4v) is 4.26. The molecule has 21 heavy (non-hydrogen) atoms. The van der Waals surface area contributed by atoms with Gasteiger partial charge in [0.25, 0.3) is 0 Å². The molecule has 1 aliphatic heterocycles. The summed E-state index contributed by atoms with van der Waals surface area (Å²) < 4.78 is 40.6. The number of hydrogen-bond acceptors (Lipinski definition) is 3. The zero-order valence-electron chi connectivity index (χ0n) is 12.6. The van der Waals surface area contributed by atoms with Gasteiger partial charge in [-0.3, -0.25) is 0 Å². The second-order valence-corrected chi connectivity index (χ2v) is 7.38. The van der Waals surface area contributed by atoms with Crippen molar-refractivity contribution in [2.75, 3.05) is 19.6 Å². The highest BCUT2D eigenvalue weighted by Gasteiger charge is 2.33. The van der Waals surface area contributed by atoms with E-state index in [1.807, 2.05) is 6.92 Å². The van der Waals surface area contributed by atoms with Gasteiger partial charge in [0.15, 0.2) is 0 Å². The molecule has 0 spiro atoms. The van der Waals surface area contributed by atoms with E-state index in [1.165, 1.54) is 16.4 Å². The maximum absolute atomic E-state index is 14.0. The van der Waals surface area contributed by atoms with E-state index >= 15 is 0 Å². The van der Waals surface area contributed by atoms with Gasteiger partial charge < -0.3 is 5.32 Å². The smallest absolute Gasteiger partial charge is 0.246 e. The van der Waals surface area contributed by atoms with Crippen molar-refractivity contribution in [3.63, 3.8) is 0 Å². The highest BCUT2D eigenvalue weighted by molar-refractivity contribution is 7.89. The van der Waals surface area contributed by atoms with Gasteiger partial charge in [-0.25, -0.2) is 12.8 Å². The monoisotopic (exact) mass is 314 g/mol. The Labute approximate surface area is 126 Å². The maximum Gasteiger partial charge on any atom is 0.246 e. The Morgan fingerprint density at radius 3 is 2.76 bits per heavy atom. The molecule has 4 nitrogen and oxygen atoms in total. The fraction of sp³-hybridized carbons (Fsp3) is 0.600. The number of sulfonamides is 1. The third-order valence-electron chi connectivity index (χ3n) is 4.02. The Morgan fingerprint density at radius 2 is 2.14 bits per heavy atom. The Hall–Kier alpha value is -0.980. The van der Waals surface area contributed by atoms with Crippen molar-refractivity contribution in [3.05, 3.63) is 29.6 Å². The largest absolute Gasteiger partial charge is 0.313 e. The Kier molecular flexibility index (Phi) is 5.35. The summed E-state index contributed by atoms with van der Waals surface area (Å²) in [6.45, 7) is 6.32. The highest BCUT2D eigenvalue weighted by Crippen LogP contribution is 2.27. The number of halogens is 1. The van der Waals surface area contributed by atoms with Crippen LogP contribution in [0.25, 0.3) is 0 Å². The van der Waals surface area contributed by atoms with Crippen molar-refractivity contribution < 1.29 is 12.8 Å². The number of benzene rings is 1. The molecule has 0 radical (unpaired) electrons. The molecular formula is C15H23FN2O2S. The molecule has 1 aromatic rings. The van der Waals surface area contributed by atoms with E-state index in [9.17, 15) is 12.8 Å². The maximum atomic E-state index is 14.0. The van der Waals surface area contributed by atoms with Gasteiger partial charge in [-0.2, -0.15) is 4.31 Å². The number of rotatable bonds is 6. The zero-order valence-corrected chi connectivity index (χ0v) is 13.4. The van der Waals surface area contributed by atoms with E-state index in [1.54, 1.807) is 6.07 Å². The van der Waals surface area contributed by atoms with Crippen molar-refractivity contribution >= 4 is 10.0 Å². The minimum Gasteiger partial charge on any atom is -0.313 e. The first-order valence-electron chi connectivity index (χ1n) is 7.48. The highest BCUT2D eigenvalue weighted by atomic mass is 32.2. The second kappa shape index (κ2) is 6.85. The SMILES string of the molecule is CCNCc1ccc(F)c(S(=O)(=O)N2CCC(CC)C2)c1. The lowest BCUT2D eigenvalue weighted by molar-refractivity contribution is 0.447. The molecule has 1 atom stereocenters. The summed E-state index contributed by atoms with van der Waals surface area (Å²) in [4.78, 5) is -0.199. The minimum atomic E-state index is -3.73. The lowest BCUT2D eigenvalue weighted by Gasteiger charge is -2.17. The first-order valence-corrected chi connectivity index (χ1v) is 8.92. The van der Waals surface area contributed by atoms with Gasteiger partial charge in [0.1, 0.15) is 10.7 Å². The first-order chi connectivity index (χ1) is 9.98. The Balaban J connectivity index is 2.27. The van der Waals surface area contributed by atoms with Gasteiger partial charge >= 0.3 is 0 Å². The summed E-state index contributed by atoms with van der Waals surface area (Å²) in [7, 11) is -3.73. The van der Waals surface area contributed by atoms with Crippen LogP contribution >= 0.6 is 0 Å². The zero-order chi connectivity index (χ0) is 15.5. The average molecular weight is 314 g/mol. The summed E-state index contributed by atoms with van der Waals surface area (Å²) in [6, 6.07) is 4.31. The fourth-order valence-electron chi connectivity index (χ4n) is 2.61. The molecule has 0 saturated carbocycles. The quantitative estimate of drug-likeness (QED) is 0.877. The standard InChI is InChI=1S/C15H23FN2O2S/c1-3-12-7-8-18(11-12)21(19,20)15-9-13(10-17-4-2)5-6-14(15)16/h5-6,9,12,17H,3-4,7-8,10-11H2,1-2H3. The van der Waals surface area contributed by atoms with Crippen LogP contribution < -0.4 is 5.32 Å². The molecule has 0 bridgehead atoms. The van der Waals surface area contributed by atoms with E-state index in [0.29, 0.717) is 25.6 Å². The van der Waals surface area contributed by atoms with E-state index in [4.69, 9.17) is 0 Å². The lowest BCUT2D eigenvalue weighted by Crippen LogP contribution is -2.29. The van der Waals surface area contributed by atoms with Crippen LogP contribution in [0.15, 0.2) is 23.1 Å². The summed E-state index contributed by atoms with van der Waals surface area (Å²) in [5.74, 6) is -0.289. The van der Waals surface area contributed by atoms with Crippen LogP contribution in [0.4, 0.5) is 4.39 Å². The van der Waals surface area contributed by atoms with Gasteiger partial charge in [0, 0.05) is 19.6 Å². The molecule has 0 aromatic heterocycles. The van der Waals surface area contributed by atoms with Crippen molar-refractivity contribution in [2.24, 2.45) is 5.92 Å². The average Bonchev–Trinajstić information content (AvgIpc) is 2.96. The van der Waals surface area contributed by atoms with E-state index in [2.05, 4.69) is 12.2 Å². The normalized spacial score (nSPS) is 20.0. The van der Waals surface area contributed by atoms with Crippen molar-refractivity contribution in [3.8, 4) is 0 Å². The van der Waals surface area contributed by atoms with Crippen molar-refractivity contribution in [1.82, 2.24) is 9.62 Å². The van der Waals surface area contributed by atoms with Gasteiger partial charge in [-0.1, -0.05) is 26.3 Å². The second-order valence-electron chi connectivity index (χ2n) is 5.47. The lowest BCUT2D eigenvalue weighted by atomic mass is 10.1. The predicted octanol–water partition coefficient (Wildman–Crippen LogP) is 2.36. The minimum absolute atomic E-state index is 0.199. The summed E-state index contributed by atoms with van der Waals surface area (Å²) in [5.41, 5.74) is 0.781. The third kappa shape index (κ3) is 3.62. The Bertz CT molecular complexity index is 589. The number of nitrogens with one attached hydrogen (secondary N) is 1. The van der Waals surface area contributed by atoms with Crippen LogP contribution in [0.3, 0.4) is 0 Å². The summed E-state index contributed by atoms with van der Waals surface area (Å²) in [6.07, 6.45) is 1.81. The molecule has 118 valence electrons. The van der Waals surface area contributed by atoms with E-state index in [0.717, 1.165) is 24.9 Å². The molecule has 1 aliphatic rings.